The number of amides is 1. The van der Waals surface area contributed by atoms with Crippen molar-refractivity contribution < 1.29 is 14.3 Å². The van der Waals surface area contributed by atoms with E-state index < -0.39 is 0 Å². The predicted molar refractivity (Wildman–Crippen MR) is 92.5 cm³/mol. The van der Waals surface area contributed by atoms with Crippen LogP contribution in [0.15, 0.2) is 60.7 Å². The largest absolute Gasteiger partial charge is 0.450 e. The Labute approximate surface area is 143 Å². The lowest BCUT2D eigenvalue weighted by molar-refractivity contribution is 0.0442. The summed E-state index contributed by atoms with van der Waals surface area (Å²) in [5.74, 6) is 0. The van der Waals surface area contributed by atoms with Crippen LogP contribution in [0, 0.1) is 0 Å². The highest BCUT2D eigenvalue weighted by molar-refractivity contribution is 5.69. The van der Waals surface area contributed by atoms with Crippen molar-refractivity contribution in [3.8, 4) is 0 Å². The van der Waals surface area contributed by atoms with Gasteiger partial charge in [-0.3, -0.25) is 4.90 Å². The van der Waals surface area contributed by atoms with E-state index in [1.165, 1.54) is 0 Å². The standard InChI is InChI=1S/C20H23NO3/c1-2-23-20(22)21-14-18(24-15-16-9-5-3-6-10-16)13-19(21)17-11-7-4-8-12-17/h3-12,18-19H,2,13-15H2,1H3. The van der Waals surface area contributed by atoms with Crippen LogP contribution in [0.1, 0.15) is 30.5 Å². The van der Waals surface area contributed by atoms with Crippen molar-refractivity contribution in [3.63, 3.8) is 0 Å². The predicted octanol–water partition coefficient (Wildman–Crippen LogP) is 4.18. The van der Waals surface area contributed by atoms with Crippen LogP contribution in [0.2, 0.25) is 0 Å². The van der Waals surface area contributed by atoms with E-state index in [4.69, 9.17) is 9.47 Å². The minimum absolute atomic E-state index is 0.00558. The minimum atomic E-state index is -0.267. The summed E-state index contributed by atoms with van der Waals surface area (Å²) in [6.07, 6.45) is 0.535. The molecule has 2 unspecified atom stereocenters. The van der Waals surface area contributed by atoms with Crippen molar-refractivity contribution in [1.29, 1.82) is 0 Å². The summed E-state index contributed by atoms with van der Waals surface area (Å²) in [5, 5.41) is 0. The number of carbonyl (C=O) groups is 1. The maximum absolute atomic E-state index is 12.3. The summed E-state index contributed by atoms with van der Waals surface area (Å²) in [6.45, 7) is 3.33. The summed E-state index contributed by atoms with van der Waals surface area (Å²) in [7, 11) is 0. The van der Waals surface area contributed by atoms with Gasteiger partial charge in [0.1, 0.15) is 0 Å². The Hall–Kier alpha value is -2.33. The molecule has 2 atom stereocenters. The molecule has 0 radical (unpaired) electrons. The molecule has 3 rings (SSSR count). The Morgan fingerprint density at radius 3 is 2.42 bits per heavy atom. The zero-order valence-corrected chi connectivity index (χ0v) is 13.9. The van der Waals surface area contributed by atoms with Crippen molar-refractivity contribution in [2.75, 3.05) is 13.2 Å². The zero-order valence-electron chi connectivity index (χ0n) is 13.9. The topological polar surface area (TPSA) is 38.8 Å². The third-order valence-electron chi connectivity index (χ3n) is 4.28. The van der Waals surface area contributed by atoms with Gasteiger partial charge >= 0.3 is 6.09 Å². The van der Waals surface area contributed by atoms with E-state index in [1.54, 1.807) is 4.90 Å². The molecule has 0 aromatic heterocycles. The molecular formula is C20H23NO3. The Kier molecular flexibility index (Phi) is 5.49. The molecule has 126 valence electrons. The van der Waals surface area contributed by atoms with E-state index in [0.29, 0.717) is 19.8 Å². The van der Waals surface area contributed by atoms with Gasteiger partial charge in [0.05, 0.1) is 31.9 Å². The van der Waals surface area contributed by atoms with Crippen LogP contribution in [-0.2, 0) is 16.1 Å². The Bertz CT molecular complexity index is 644. The Balaban J connectivity index is 1.69. The number of rotatable bonds is 5. The van der Waals surface area contributed by atoms with Gasteiger partial charge in [-0.25, -0.2) is 4.79 Å². The first-order valence-electron chi connectivity index (χ1n) is 8.41. The normalized spacial score (nSPS) is 20.1. The highest BCUT2D eigenvalue weighted by atomic mass is 16.6. The van der Waals surface area contributed by atoms with Gasteiger partial charge in [0.25, 0.3) is 0 Å². The van der Waals surface area contributed by atoms with Gasteiger partial charge < -0.3 is 9.47 Å². The number of likely N-dealkylation sites (tertiary alicyclic amines) is 1. The van der Waals surface area contributed by atoms with E-state index in [2.05, 4.69) is 12.1 Å². The highest BCUT2D eigenvalue weighted by Gasteiger charge is 2.37. The maximum Gasteiger partial charge on any atom is 0.410 e. The lowest BCUT2D eigenvalue weighted by Gasteiger charge is -2.23. The zero-order chi connectivity index (χ0) is 16.8. The van der Waals surface area contributed by atoms with E-state index in [-0.39, 0.29) is 18.2 Å². The Morgan fingerprint density at radius 2 is 1.75 bits per heavy atom. The second-order valence-electron chi connectivity index (χ2n) is 5.93. The SMILES string of the molecule is CCOC(=O)N1CC(OCc2ccccc2)CC1c1ccccc1. The number of ether oxygens (including phenoxy) is 2. The highest BCUT2D eigenvalue weighted by Crippen LogP contribution is 2.34. The van der Waals surface area contributed by atoms with Gasteiger partial charge in [0, 0.05) is 6.42 Å². The number of hydrogen-bond acceptors (Lipinski definition) is 3. The smallest absolute Gasteiger partial charge is 0.410 e. The van der Waals surface area contributed by atoms with Crippen molar-refractivity contribution >= 4 is 6.09 Å². The number of carbonyl (C=O) groups excluding carboxylic acids is 1. The van der Waals surface area contributed by atoms with Crippen LogP contribution in [0.4, 0.5) is 4.79 Å². The van der Waals surface area contributed by atoms with Crippen LogP contribution in [0.3, 0.4) is 0 Å². The molecule has 0 spiro atoms. The van der Waals surface area contributed by atoms with Crippen molar-refractivity contribution in [2.24, 2.45) is 0 Å². The average molecular weight is 325 g/mol. The van der Waals surface area contributed by atoms with Gasteiger partial charge in [-0.2, -0.15) is 0 Å². The van der Waals surface area contributed by atoms with Crippen LogP contribution in [-0.4, -0.2) is 30.2 Å². The Morgan fingerprint density at radius 1 is 1.08 bits per heavy atom. The molecule has 0 N–H and O–H groups in total. The molecule has 1 aliphatic heterocycles. The first-order valence-corrected chi connectivity index (χ1v) is 8.41. The molecule has 1 heterocycles. The molecular weight excluding hydrogens is 302 g/mol. The van der Waals surface area contributed by atoms with E-state index in [9.17, 15) is 4.79 Å². The molecule has 0 bridgehead atoms. The summed E-state index contributed by atoms with van der Waals surface area (Å²) >= 11 is 0. The van der Waals surface area contributed by atoms with E-state index in [1.807, 2.05) is 55.5 Å². The second-order valence-corrected chi connectivity index (χ2v) is 5.93. The fourth-order valence-electron chi connectivity index (χ4n) is 3.11. The molecule has 2 aromatic rings. The third-order valence-corrected chi connectivity index (χ3v) is 4.28. The molecule has 0 saturated carbocycles. The molecule has 2 aromatic carbocycles. The molecule has 1 aliphatic rings. The summed E-state index contributed by atoms with van der Waals surface area (Å²) in [6, 6.07) is 20.2. The van der Waals surface area contributed by atoms with Gasteiger partial charge in [-0.15, -0.1) is 0 Å². The minimum Gasteiger partial charge on any atom is -0.450 e. The first-order chi connectivity index (χ1) is 11.8. The fourth-order valence-corrected chi connectivity index (χ4v) is 3.11. The van der Waals surface area contributed by atoms with E-state index in [0.717, 1.165) is 17.5 Å². The lowest BCUT2D eigenvalue weighted by Crippen LogP contribution is -2.32. The van der Waals surface area contributed by atoms with Gasteiger partial charge in [0.15, 0.2) is 0 Å². The van der Waals surface area contributed by atoms with Crippen LogP contribution >= 0.6 is 0 Å². The van der Waals surface area contributed by atoms with E-state index >= 15 is 0 Å². The molecule has 4 heteroatoms. The van der Waals surface area contributed by atoms with Crippen LogP contribution in [0.5, 0.6) is 0 Å². The maximum atomic E-state index is 12.3. The van der Waals surface area contributed by atoms with Gasteiger partial charge in [0.2, 0.25) is 0 Å². The molecule has 0 aliphatic carbocycles. The average Bonchev–Trinajstić information content (AvgIpc) is 3.06. The number of nitrogens with zero attached hydrogens (tertiary/aromatic N) is 1. The fraction of sp³-hybridized carbons (Fsp3) is 0.350. The second kappa shape index (κ2) is 7.97. The molecule has 1 amide bonds. The molecule has 1 saturated heterocycles. The first kappa shape index (κ1) is 16.5. The quantitative estimate of drug-likeness (QED) is 0.828. The van der Waals surface area contributed by atoms with Crippen LogP contribution < -0.4 is 0 Å². The van der Waals surface area contributed by atoms with Crippen molar-refractivity contribution in [3.05, 3.63) is 71.8 Å². The monoisotopic (exact) mass is 325 g/mol. The molecule has 4 nitrogen and oxygen atoms in total. The van der Waals surface area contributed by atoms with Crippen molar-refractivity contribution in [1.82, 2.24) is 4.90 Å². The molecule has 1 fully saturated rings. The van der Waals surface area contributed by atoms with Gasteiger partial charge in [-0.05, 0) is 18.1 Å². The summed E-state index contributed by atoms with van der Waals surface area (Å²) in [5.41, 5.74) is 2.26. The number of hydrogen-bond donors (Lipinski definition) is 0. The lowest BCUT2D eigenvalue weighted by atomic mass is 10.0. The van der Waals surface area contributed by atoms with Crippen molar-refractivity contribution in [2.45, 2.75) is 32.1 Å². The number of benzene rings is 2. The van der Waals surface area contributed by atoms with Gasteiger partial charge in [-0.1, -0.05) is 60.7 Å². The van der Waals surface area contributed by atoms with Crippen LogP contribution in [0.25, 0.3) is 0 Å². The summed E-state index contributed by atoms with van der Waals surface area (Å²) in [4.78, 5) is 14.1. The third kappa shape index (κ3) is 3.95. The summed E-state index contributed by atoms with van der Waals surface area (Å²) < 4.78 is 11.3. The molecule has 24 heavy (non-hydrogen) atoms.